The second-order valence-corrected chi connectivity index (χ2v) is 6.99. The number of hydrogen-bond acceptors (Lipinski definition) is 3. The molecule has 0 spiro atoms. The fourth-order valence-corrected chi connectivity index (χ4v) is 3.94. The molecule has 1 atom stereocenters. The van der Waals surface area contributed by atoms with E-state index in [1.54, 1.807) is 16.4 Å². The minimum atomic E-state index is -3.32. The van der Waals surface area contributed by atoms with Crippen molar-refractivity contribution in [3.8, 4) is 0 Å². The summed E-state index contributed by atoms with van der Waals surface area (Å²) in [5, 5.41) is 3.13. The third-order valence-electron chi connectivity index (χ3n) is 3.74. The van der Waals surface area contributed by atoms with E-state index in [4.69, 9.17) is 0 Å². The van der Waals surface area contributed by atoms with Gasteiger partial charge in [-0.25, -0.2) is 8.42 Å². The number of nitrogens with zero attached hydrogens (tertiary/aromatic N) is 1. The van der Waals surface area contributed by atoms with Gasteiger partial charge in [0.2, 0.25) is 10.0 Å². The normalized spacial score (nSPS) is 19.3. The summed E-state index contributed by atoms with van der Waals surface area (Å²) >= 11 is 0. The fourth-order valence-electron chi connectivity index (χ4n) is 2.37. The molecule has 1 aromatic rings. The van der Waals surface area contributed by atoms with E-state index in [1.165, 1.54) is 0 Å². The maximum atomic E-state index is 12.6. The van der Waals surface area contributed by atoms with Crippen LogP contribution < -0.4 is 5.32 Å². The number of rotatable bonds is 4. The molecule has 1 aliphatic rings. The Morgan fingerprint density at radius 1 is 1.21 bits per heavy atom. The first-order chi connectivity index (χ1) is 9.05. The maximum absolute atomic E-state index is 12.6. The van der Waals surface area contributed by atoms with Crippen molar-refractivity contribution >= 4 is 10.0 Å². The highest BCUT2D eigenvalue weighted by atomic mass is 32.2. The molecule has 0 saturated carbocycles. The van der Waals surface area contributed by atoms with Gasteiger partial charge in [0.15, 0.2) is 0 Å². The minimum Gasteiger partial charge on any atom is -0.313 e. The Hall–Kier alpha value is -0.910. The topological polar surface area (TPSA) is 49.4 Å². The Morgan fingerprint density at radius 3 is 2.53 bits per heavy atom. The van der Waals surface area contributed by atoms with E-state index in [0.29, 0.717) is 18.0 Å². The highest BCUT2D eigenvalue weighted by Gasteiger charge is 2.26. The Labute approximate surface area is 115 Å². The van der Waals surface area contributed by atoms with Crippen LogP contribution in [0.4, 0.5) is 0 Å². The molecule has 0 radical (unpaired) electrons. The third-order valence-corrected chi connectivity index (χ3v) is 5.64. The lowest BCUT2D eigenvalue weighted by Gasteiger charge is -2.26. The van der Waals surface area contributed by atoms with E-state index < -0.39 is 10.0 Å². The van der Waals surface area contributed by atoms with Gasteiger partial charge in [0, 0.05) is 19.1 Å². The molecule has 0 aliphatic carbocycles. The van der Waals surface area contributed by atoms with Crippen LogP contribution in [0.3, 0.4) is 0 Å². The molecule has 1 aliphatic heterocycles. The zero-order valence-corrected chi connectivity index (χ0v) is 12.4. The van der Waals surface area contributed by atoms with Crippen LogP contribution in [0.15, 0.2) is 29.2 Å². The summed E-state index contributed by atoms with van der Waals surface area (Å²) in [6, 6.07) is 7.40. The molecular formula is C14H22N2O2S. The van der Waals surface area contributed by atoms with Crippen molar-refractivity contribution in [3.05, 3.63) is 29.8 Å². The van der Waals surface area contributed by atoms with Gasteiger partial charge in [0.25, 0.3) is 0 Å². The van der Waals surface area contributed by atoms with Crippen LogP contribution in [0, 0.1) is 0 Å². The van der Waals surface area contributed by atoms with Gasteiger partial charge in [0.1, 0.15) is 0 Å². The summed E-state index contributed by atoms with van der Waals surface area (Å²) in [5.74, 6) is 0. The lowest BCUT2D eigenvalue weighted by atomic mass is 10.1. The van der Waals surface area contributed by atoms with Gasteiger partial charge in [-0.15, -0.1) is 0 Å². The zero-order chi connectivity index (χ0) is 13.9. The van der Waals surface area contributed by atoms with Gasteiger partial charge in [-0.1, -0.05) is 18.6 Å². The number of benzene rings is 1. The van der Waals surface area contributed by atoms with E-state index in [2.05, 4.69) is 5.32 Å². The van der Waals surface area contributed by atoms with Crippen LogP contribution in [0.1, 0.15) is 37.8 Å². The summed E-state index contributed by atoms with van der Waals surface area (Å²) in [6.45, 7) is 3.31. The predicted octanol–water partition coefficient (Wildman–Crippen LogP) is 2.14. The Balaban J connectivity index is 2.29. The summed E-state index contributed by atoms with van der Waals surface area (Å²) in [4.78, 5) is 0.411. The second kappa shape index (κ2) is 6.03. The summed E-state index contributed by atoms with van der Waals surface area (Å²) < 4.78 is 26.7. The van der Waals surface area contributed by atoms with Crippen molar-refractivity contribution in [1.29, 1.82) is 0 Å². The van der Waals surface area contributed by atoms with E-state index in [9.17, 15) is 8.42 Å². The molecule has 106 valence electrons. The van der Waals surface area contributed by atoms with Crippen LogP contribution in [0.2, 0.25) is 0 Å². The minimum absolute atomic E-state index is 0.150. The summed E-state index contributed by atoms with van der Waals surface area (Å²) in [6.07, 6.45) is 3.06. The van der Waals surface area contributed by atoms with Gasteiger partial charge in [0.05, 0.1) is 4.90 Å². The van der Waals surface area contributed by atoms with Gasteiger partial charge < -0.3 is 5.32 Å². The average molecular weight is 282 g/mol. The molecule has 5 heteroatoms. The Kier molecular flexibility index (Phi) is 4.60. The molecule has 1 fully saturated rings. The van der Waals surface area contributed by atoms with Crippen LogP contribution in [0.5, 0.6) is 0 Å². The Bertz CT molecular complexity index is 522. The van der Waals surface area contributed by atoms with Crippen molar-refractivity contribution in [2.75, 3.05) is 20.1 Å². The highest BCUT2D eigenvalue weighted by Crippen LogP contribution is 2.23. The number of nitrogens with one attached hydrogen (secondary N) is 1. The van der Waals surface area contributed by atoms with Crippen LogP contribution in [-0.4, -0.2) is 32.9 Å². The quantitative estimate of drug-likeness (QED) is 0.920. The summed E-state index contributed by atoms with van der Waals surface area (Å²) in [5.41, 5.74) is 1.00. The van der Waals surface area contributed by atoms with Crippen molar-refractivity contribution in [2.24, 2.45) is 0 Å². The first-order valence-electron chi connectivity index (χ1n) is 6.83. The predicted molar refractivity (Wildman–Crippen MR) is 76.5 cm³/mol. The molecule has 0 amide bonds. The fraction of sp³-hybridized carbons (Fsp3) is 0.571. The smallest absolute Gasteiger partial charge is 0.243 e. The van der Waals surface area contributed by atoms with Crippen molar-refractivity contribution < 1.29 is 8.42 Å². The number of hydrogen-bond donors (Lipinski definition) is 1. The second-order valence-electron chi connectivity index (χ2n) is 5.05. The van der Waals surface area contributed by atoms with Gasteiger partial charge >= 0.3 is 0 Å². The molecule has 2 rings (SSSR count). The van der Waals surface area contributed by atoms with E-state index in [0.717, 1.165) is 24.8 Å². The standard InChI is InChI=1S/C14H22N2O2S/c1-12(15-2)13-7-6-8-14(11-13)19(17,18)16-9-4-3-5-10-16/h6-8,11-12,15H,3-5,9-10H2,1-2H3. The van der Waals surface area contributed by atoms with Crippen molar-refractivity contribution in [3.63, 3.8) is 0 Å². The van der Waals surface area contributed by atoms with Crippen molar-refractivity contribution in [2.45, 2.75) is 37.1 Å². The third kappa shape index (κ3) is 3.16. The average Bonchev–Trinajstić information content (AvgIpc) is 2.47. The van der Waals surface area contributed by atoms with Gasteiger partial charge in [-0.05, 0) is 44.5 Å². The van der Waals surface area contributed by atoms with Crippen molar-refractivity contribution in [1.82, 2.24) is 9.62 Å². The van der Waals surface area contributed by atoms with Crippen LogP contribution in [0.25, 0.3) is 0 Å². The molecule has 0 aromatic heterocycles. The molecule has 1 N–H and O–H groups in total. The van der Waals surface area contributed by atoms with E-state index >= 15 is 0 Å². The molecule has 19 heavy (non-hydrogen) atoms. The molecule has 1 unspecified atom stereocenters. The summed E-state index contributed by atoms with van der Waals surface area (Å²) in [7, 11) is -1.45. The number of piperidine rings is 1. The zero-order valence-electron chi connectivity index (χ0n) is 11.6. The molecule has 0 bridgehead atoms. The van der Waals surface area contributed by atoms with E-state index in [1.807, 2.05) is 26.1 Å². The monoisotopic (exact) mass is 282 g/mol. The largest absolute Gasteiger partial charge is 0.313 e. The van der Waals surface area contributed by atoms with E-state index in [-0.39, 0.29) is 6.04 Å². The van der Waals surface area contributed by atoms with Gasteiger partial charge in [-0.3, -0.25) is 0 Å². The van der Waals surface area contributed by atoms with Gasteiger partial charge in [-0.2, -0.15) is 4.31 Å². The first kappa shape index (κ1) is 14.5. The SMILES string of the molecule is CNC(C)c1cccc(S(=O)(=O)N2CCCCC2)c1. The highest BCUT2D eigenvalue weighted by molar-refractivity contribution is 7.89. The Morgan fingerprint density at radius 2 is 1.89 bits per heavy atom. The lowest BCUT2D eigenvalue weighted by molar-refractivity contribution is 0.346. The van der Waals surface area contributed by atoms with Crippen LogP contribution >= 0.6 is 0 Å². The van der Waals surface area contributed by atoms with Crippen LogP contribution in [-0.2, 0) is 10.0 Å². The molecule has 1 saturated heterocycles. The molecular weight excluding hydrogens is 260 g/mol. The number of sulfonamides is 1. The molecule has 4 nitrogen and oxygen atoms in total. The lowest BCUT2D eigenvalue weighted by Crippen LogP contribution is -2.35. The maximum Gasteiger partial charge on any atom is 0.243 e. The molecule has 1 aromatic carbocycles. The first-order valence-corrected chi connectivity index (χ1v) is 8.27. The molecule has 1 heterocycles.